The van der Waals surface area contributed by atoms with E-state index in [9.17, 15) is 4.79 Å². The number of unbranched alkanes of at least 4 members (excludes halogenated alkanes) is 1. The number of carbonyl (C=O) groups excluding carboxylic acids is 1. The second-order valence-corrected chi connectivity index (χ2v) is 3.33. The van der Waals surface area contributed by atoms with E-state index >= 15 is 0 Å². The van der Waals surface area contributed by atoms with Crippen LogP contribution in [-0.4, -0.2) is 17.1 Å². The number of rotatable bonds is 6. The third kappa shape index (κ3) is 5.13. The SMILES string of the molecule is CCCCC(CC(C)O)C(N)=O. The second kappa shape index (κ2) is 6.00. The number of hydrogen-bond donors (Lipinski definition) is 2. The highest BCUT2D eigenvalue weighted by molar-refractivity contribution is 5.76. The molecule has 0 heterocycles. The fourth-order valence-corrected chi connectivity index (χ4v) is 1.24. The van der Waals surface area contributed by atoms with Gasteiger partial charge in [-0.1, -0.05) is 19.8 Å². The van der Waals surface area contributed by atoms with Gasteiger partial charge in [-0.15, -0.1) is 0 Å². The fraction of sp³-hybridized carbons (Fsp3) is 0.889. The summed E-state index contributed by atoms with van der Waals surface area (Å²) >= 11 is 0. The van der Waals surface area contributed by atoms with Crippen molar-refractivity contribution in [2.45, 2.75) is 45.6 Å². The molecule has 72 valence electrons. The maximum atomic E-state index is 10.9. The molecule has 0 aromatic heterocycles. The van der Waals surface area contributed by atoms with Gasteiger partial charge < -0.3 is 10.8 Å². The summed E-state index contributed by atoms with van der Waals surface area (Å²) in [5.41, 5.74) is 5.18. The quantitative estimate of drug-likeness (QED) is 0.630. The summed E-state index contributed by atoms with van der Waals surface area (Å²) in [4.78, 5) is 10.9. The van der Waals surface area contributed by atoms with Crippen molar-refractivity contribution in [1.29, 1.82) is 0 Å². The standard InChI is InChI=1S/C9H19NO2/c1-3-4-5-8(9(10)12)6-7(2)11/h7-8,11H,3-6H2,1-2H3,(H2,10,12). The summed E-state index contributed by atoms with van der Waals surface area (Å²) in [5, 5.41) is 9.06. The lowest BCUT2D eigenvalue weighted by Gasteiger charge is -2.13. The van der Waals surface area contributed by atoms with Gasteiger partial charge in [-0.25, -0.2) is 0 Å². The van der Waals surface area contributed by atoms with E-state index in [4.69, 9.17) is 10.8 Å². The molecular formula is C9H19NO2. The van der Waals surface area contributed by atoms with Gasteiger partial charge in [0, 0.05) is 5.92 Å². The number of nitrogens with two attached hydrogens (primary N) is 1. The summed E-state index contributed by atoms with van der Waals surface area (Å²) in [6.07, 6.45) is 2.93. The van der Waals surface area contributed by atoms with E-state index in [1.165, 1.54) is 0 Å². The highest BCUT2D eigenvalue weighted by atomic mass is 16.3. The first-order chi connectivity index (χ1) is 5.57. The molecule has 0 aliphatic carbocycles. The minimum absolute atomic E-state index is 0.148. The molecule has 0 bridgehead atoms. The van der Waals surface area contributed by atoms with Crippen LogP contribution in [0.4, 0.5) is 0 Å². The van der Waals surface area contributed by atoms with Crippen molar-refractivity contribution in [1.82, 2.24) is 0 Å². The summed E-state index contributed by atoms with van der Waals surface area (Å²) < 4.78 is 0. The van der Waals surface area contributed by atoms with Crippen LogP contribution in [0, 0.1) is 5.92 Å². The van der Waals surface area contributed by atoms with Gasteiger partial charge in [0.15, 0.2) is 0 Å². The highest BCUT2D eigenvalue weighted by Crippen LogP contribution is 2.14. The molecule has 0 spiro atoms. The molecule has 12 heavy (non-hydrogen) atoms. The summed E-state index contributed by atoms with van der Waals surface area (Å²) in [6, 6.07) is 0. The first-order valence-corrected chi connectivity index (χ1v) is 4.55. The molecule has 0 aliphatic rings. The van der Waals surface area contributed by atoms with E-state index in [1.54, 1.807) is 6.92 Å². The number of amides is 1. The zero-order valence-electron chi connectivity index (χ0n) is 7.92. The molecule has 2 atom stereocenters. The second-order valence-electron chi connectivity index (χ2n) is 3.33. The molecule has 0 radical (unpaired) electrons. The molecule has 0 aromatic carbocycles. The highest BCUT2D eigenvalue weighted by Gasteiger charge is 2.16. The van der Waals surface area contributed by atoms with Gasteiger partial charge in [-0.05, 0) is 19.8 Å². The first-order valence-electron chi connectivity index (χ1n) is 4.55. The Morgan fingerprint density at radius 3 is 2.50 bits per heavy atom. The molecular weight excluding hydrogens is 154 g/mol. The van der Waals surface area contributed by atoms with E-state index in [-0.39, 0.29) is 11.8 Å². The van der Waals surface area contributed by atoms with E-state index in [0.717, 1.165) is 19.3 Å². The van der Waals surface area contributed by atoms with E-state index < -0.39 is 6.10 Å². The zero-order chi connectivity index (χ0) is 9.56. The van der Waals surface area contributed by atoms with Gasteiger partial charge in [-0.3, -0.25) is 4.79 Å². The van der Waals surface area contributed by atoms with Crippen molar-refractivity contribution >= 4 is 5.91 Å². The minimum Gasteiger partial charge on any atom is -0.393 e. The minimum atomic E-state index is -0.431. The third-order valence-corrected chi connectivity index (χ3v) is 1.93. The molecule has 3 N–H and O–H groups in total. The normalized spacial score (nSPS) is 15.6. The van der Waals surface area contributed by atoms with Gasteiger partial charge in [0.2, 0.25) is 5.91 Å². The molecule has 2 unspecified atom stereocenters. The number of carbonyl (C=O) groups is 1. The predicted molar refractivity (Wildman–Crippen MR) is 48.5 cm³/mol. The van der Waals surface area contributed by atoms with Crippen LogP contribution in [-0.2, 0) is 4.79 Å². The molecule has 0 saturated carbocycles. The largest absolute Gasteiger partial charge is 0.393 e. The van der Waals surface area contributed by atoms with Crippen molar-refractivity contribution in [3.63, 3.8) is 0 Å². The summed E-state index contributed by atoms with van der Waals surface area (Å²) in [5.74, 6) is -0.436. The van der Waals surface area contributed by atoms with Crippen LogP contribution in [0.3, 0.4) is 0 Å². The van der Waals surface area contributed by atoms with Crippen LogP contribution in [0.5, 0.6) is 0 Å². The monoisotopic (exact) mass is 173 g/mol. The Labute approximate surface area is 74.0 Å². The Hall–Kier alpha value is -0.570. The Morgan fingerprint density at radius 1 is 1.58 bits per heavy atom. The molecule has 3 nitrogen and oxygen atoms in total. The smallest absolute Gasteiger partial charge is 0.220 e. The van der Waals surface area contributed by atoms with Gasteiger partial charge >= 0.3 is 0 Å². The maximum Gasteiger partial charge on any atom is 0.220 e. The lowest BCUT2D eigenvalue weighted by atomic mass is 9.95. The molecule has 0 aromatic rings. The van der Waals surface area contributed by atoms with Gasteiger partial charge in [0.1, 0.15) is 0 Å². The molecule has 3 heteroatoms. The number of hydrogen-bond acceptors (Lipinski definition) is 2. The number of aliphatic hydroxyl groups excluding tert-OH is 1. The number of aliphatic hydroxyl groups is 1. The summed E-state index contributed by atoms with van der Waals surface area (Å²) in [7, 11) is 0. The number of primary amides is 1. The van der Waals surface area contributed by atoms with Gasteiger partial charge in [0.05, 0.1) is 6.10 Å². The van der Waals surface area contributed by atoms with Crippen molar-refractivity contribution < 1.29 is 9.90 Å². The molecule has 0 saturated heterocycles. The van der Waals surface area contributed by atoms with Crippen LogP contribution >= 0.6 is 0 Å². The van der Waals surface area contributed by atoms with E-state index in [1.807, 2.05) is 0 Å². The van der Waals surface area contributed by atoms with Gasteiger partial charge in [0.25, 0.3) is 0 Å². The van der Waals surface area contributed by atoms with Crippen molar-refractivity contribution in [2.24, 2.45) is 11.7 Å². The van der Waals surface area contributed by atoms with Gasteiger partial charge in [-0.2, -0.15) is 0 Å². The summed E-state index contributed by atoms with van der Waals surface area (Å²) in [6.45, 7) is 3.75. The fourth-order valence-electron chi connectivity index (χ4n) is 1.24. The topological polar surface area (TPSA) is 63.3 Å². The van der Waals surface area contributed by atoms with Crippen molar-refractivity contribution in [2.75, 3.05) is 0 Å². The molecule has 1 amide bonds. The molecule has 0 rings (SSSR count). The zero-order valence-corrected chi connectivity index (χ0v) is 7.92. The van der Waals surface area contributed by atoms with Crippen LogP contribution in [0.2, 0.25) is 0 Å². The van der Waals surface area contributed by atoms with Crippen LogP contribution < -0.4 is 5.73 Å². The Balaban J connectivity index is 3.78. The maximum absolute atomic E-state index is 10.9. The van der Waals surface area contributed by atoms with Crippen molar-refractivity contribution in [3.8, 4) is 0 Å². The Morgan fingerprint density at radius 2 is 2.17 bits per heavy atom. The van der Waals surface area contributed by atoms with Crippen molar-refractivity contribution in [3.05, 3.63) is 0 Å². The lowest BCUT2D eigenvalue weighted by Crippen LogP contribution is -2.26. The Kier molecular flexibility index (Phi) is 5.72. The molecule has 0 aliphatic heterocycles. The van der Waals surface area contributed by atoms with Crippen LogP contribution in [0.15, 0.2) is 0 Å². The average molecular weight is 173 g/mol. The van der Waals surface area contributed by atoms with E-state index in [2.05, 4.69) is 6.92 Å². The van der Waals surface area contributed by atoms with E-state index in [0.29, 0.717) is 6.42 Å². The third-order valence-electron chi connectivity index (χ3n) is 1.93. The van der Waals surface area contributed by atoms with Crippen LogP contribution in [0.25, 0.3) is 0 Å². The molecule has 0 fully saturated rings. The van der Waals surface area contributed by atoms with Crippen LogP contribution in [0.1, 0.15) is 39.5 Å². The average Bonchev–Trinajstić information content (AvgIpc) is 1.96. The predicted octanol–water partition coefficient (Wildman–Crippen LogP) is 1.05. The lowest BCUT2D eigenvalue weighted by molar-refractivity contribution is -0.123. The Bertz CT molecular complexity index is 134. The first kappa shape index (κ1) is 11.4.